The average Bonchev–Trinajstić information content (AvgIpc) is 2.76. The molecule has 0 radical (unpaired) electrons. The lowest BCUT2D eigenvalue weighted by molar-refractivity contribution is 0.0738. The first-order valence-electron chi connectivity index (χ1n) is 9.90. The van der Waals surface area contributed by atoms with E-state index in [1.54, 1.807) is 35.8 Å². The predicted molar refractivity (Wildman–Crippen MR) is 111 cm³/mol. The van der Waals surface area contributed by atoms with Crippen LogP contribution in [0.4, 0.5) is 5.69 Å². The molecule has 2 aliphatic rings. The topological polar surface area (TPSA) is 72.0 Å². The van der Waals surface area contributed by atoms with Gasteiger partial charge in [0.15, 0.2) is 0 Å². The van der Waals surface area contributed by atoms with Crippen molar-refractivity contribution in [1.82, 2.24) is 9.29 Å². The largest absolute Gasteiger partial charge is 0.492 e. The summed E-state index contributed by atoms with van der Waals surface area (Å²) >= 11 is 0. The van der Waals surface area contributed by atoms with E-state index in [-0.39, 0.29) is 10.3 Å². The summed E-state index contributed by atoms with van der Waals surface area (Å²) < 4.78 is 39.6. The standard InChI is InChI=1S/C21H27N3O4S/c1-27-14-13-24-16-21(8-11-23(12-9-21)18-5-4-10-22-15-18)17-28-19-6-2-3-7-20(19)29(24,25)26/h2-7,10,15H,8-9,11-14,16-17H2,1H3. The van der Waals surface area contributed by atoms with Crippen LogP contribution in [0.3, 0.4) is 0 Å². The molecule has 1 aromatic carbocycles. The summed E-state index contributed by atoms with van der Waals surface area (Å²) in [5.74, 6) is 0.434. The van der Waals surface area contributed by atoms with Gasteiger partial charge >= 0.3 is 0 Å². The first-order valence-corrected chi connectivity index (χ1v) is 11.3. The molecule has 2 aromatic rings. The highest BCUT2D eigenvalue weighted by Crippen LogP contribution is 2.39. The molecule has 7 nitrogen and oxygen atoms in total. The Morgan fingerprint density at radius 2 is 1.97 bits per heavy atom. The highest BCUT2D eigenvalue weighted by molar-refractivity contribution is 7.89. The van der Waals surface area contributed by atoms with Gasteiger partial charge in [-0.25, -0.2) is 8.42 Å². The summed E-state index contributed by atoms with van der Waals surface area (Å²) in [7, 11) is -2.06. The van der Waals surface area contributed by atoms with Crippen molar-refractivity contribution in [3.8, 4) is 5.75 Å². The van der Waals surface area contributed by atoms with E-state index in [1.165, 1.54) is 0 Å². The third-order valence-electron chi connectivity index (χ3n) is 5.89. The highest BCUT2D eigenvalue weighted by Gasteiger charge is 2.42. The molecule has 0 atom stereocenters. The van der Waals surface area contributed by atoms with Crippen molar-refractivity contribution in [2.75, 3.05) is 51.4 Å². The van der Waals surface area contributed by atoms with Gasteiger partial charge in [0.05, 0.1) is 25.1 Å². The summed E-state index contributed by atoms with van der Waals surface area (Å²) in [5.41, 5.74) is 0.871. The van der Waals surface area contributed by atoms with E-state index in [2.05, 4.69) is 16.0 Å². The predicted octanol–water partition coefficient (Wildman–Crippen LogP) is 2.40. The van der Waals surface area contributed by atoms with Crippen LogP contribution in [0.2, 0.25) is 0 Å². The molecular formula is C21H27N3O4S. The van der Waals surface area contributed by atoms with Crippen molar-refractivity contribution < 1.29 is 17.9 Å². The summed E-state index contributed by atoms with van der Waals surface area (Å²) in [6, 6.07) is 10.9. The van der Waals surface area contributed by atoms with Gasteiger partial charge in [0.1, 0.15) is 10.6 Å². The normalized spacial score (nSPS) is 21.1. The van der Waals surface area contributed by atoms with Crippen molar-refractivity contribution in [1.29, 1.82) is 0 Å². The van der Waals surface area contributed by atoms with Crippen molar-refractivity contribution in [3.05, 3.63) is 48.8 Å². The molecule has 1 aromatic heterocycles. The first kappa shape index (κ1) is 20.1. The smallest absolute Gasteiger partial charge is 0.246 e. The maximum absolute atomic E-state index is 13.4. The molecule has 1 saturated heterocycles. The lowest BCUT2D eigenvalue weighted by Crippen LogP contribution is -2.52. The van der Waals surface area contributed by atoms with Crippen molar-refractivity contribution in [2.45, 2.75) is 17.7 Å². The van der Waals surface area contributed by atoms with Crippen LogP contribution in [0.1, 0.15) is 12.8 Å². The number of rotatable bonds is 4. The number of nitrogens with zero attached hydrogens (tertiary/aromatic N) is 3. The van der Waals surface area contributed by atoms with Crippen LogP contribution < -0.4 is 9.64 Å². The van der Waals surface area contributed by atoms with Crippen molar-refractivity contribution in [3.63, 3.8) is 0 Å². The number of benzene rings is 1. The molecule has 29 heavy (non-hydrogen) atoms. The molecule has 1 fully saturated rings. The zero-order chi connectivity index (χ0) is 20.3. The zero-order valence-electron chi connectivity index (χ0n) is 16.7. The van der Waals surface area contributed by atoms with E-state index in [4.69, 9.17) is 9.47 Å². The fourth-order valence-corrected chi connectivity index (χ4v) is 5.80. The second-order valence-corrected chi connectivity index (χ2v) is 9.67. The second-order valence-electron chi connectivity index (χ2n) is 7.77. The van der Waals surface area contributed by atoms with Crippen LogP contribution in [-0.4, -0.2) is 64.2 Å². The molecular weight excluding hydrogens is 390 g/mol. The van der Waals surface area contributed by atoms with Gasteiger partial charge in [0, 0.05) is 44.9 Å². The average molecular weight is 418 g/mol. The Bertz CT molecular complexity index is 928. The number of aromatic nitrogens is 1. The highest BCUT2D eigenvalue weighted by atomic mass is 32.2. The summed E-state index contributed by atoms with van der Waals surface area (Å²) in [6.07, 6.45) is 5.35. The number of para-hydroxylation sites is 1. The van der Waals surface area contributed by atoms with E-state index in [9.17, 15) is 8.42 Å². The zero-order valence-corrected chi connectivity index (χ0v) is 17.5. The van der Waals surface area contributed by atoms with Crippen molar-refractivity contribution >= 4 is 15.7 Å². The Balaban J connectivity index is 1.61. The van der Waals surface area contributed by atoms with E-state index in [0.29, 0.717) is 32.1 Å². The van der Waals surface area contributed by atoms with Gasteiger partial charge in [0.25, 0.3) is 0 Å². The maximum atomic E-state index is 13.4. The molecule has 0 unspecified atom stereocenters. The Hall–Kier alpha value is -2.16. The third kappa shape index (κ3) is 4.10. The van der Waals surface area contributed by atoms with Crippen LogP contribution in [0.25, 0.3) is 0 Å². The molecule has 0 saturated carbocycles. The first-order chi connectivity index (χ1) is 14.0. The van der Waals surface area contributed by atoms with Gasteiger partial charge in [-0.1, -0.05) is 12.1 Å². The molecule has 0 aliphatic carbocycles. The molecule has 3 heterocycles. The monoisotopic (exact) mass is 417 g/mol. The molecule has 0 bridgehead atoms. The second kappa shape index (κ2) is 8.30. The molecule has 8 heteroatoms. The van der Waals surface area contributed by atoms with Gasteiger partial charge < -0.3 is 14.4 Å². The lowest BCUT2D eigenvalue weighted by atomic mass is 9.78. The number of ether oxygens (including phenoxy) is 2. The number of fused-ring (bicyclic) bond motifs is 1. The minimum Gasteiger partial charge on any atom is -0.492 e. The summed E-state index contributed by atoms with van der Waals surface area (Å²) in [4.78, 5) is 6.75. The van der Waals surface area contributed by atoms with Gasteiger partial charge in [-0.3, -0.25) is 4.98 Å². The van der Waals surface area contributed by atoms with Crippen LogP contribution in [0, 0.1) is 5.41 Å². The number of hydrogen-bond acceptors (Lipinski definition) is 6. The van der Waals surface area contributed by atoms with Gasteiger partial charge in [-0.2, -0.15) is 4.31 Å². The van der Waals surface area contributed by atoms with Crippen molar-refractivity contribution in [2.24, 2.45) is 5.41 Å². The van der Waals surface area contributed by atoms with Crippen LogP contribution in [-0.2, 0) is 14.8 Å². The van der Waals surface area contributed by atoms with Gasteiger partial charge in [-0.05, 0) is 37.1 Å². The Morgan fingerprint density at radius 1 is 1.17 bits per heavy atom. The Kier molecular flexibility index (Phi) is 5.76. The third-order valence-corrected chi connectivity index (χ3v) is 7.78. The molecule has 156 valence electrons. The van der Waals surface area contributed by atoms with E-state index < -0.39 is 10.0 Å². The Morgan fingerprint density at radius 3 is 2.69 bits per heavy atom. The fourth-order valence-electron chi connectivity index (χ4n) is 4.13. The Labute approximate surface area is 172 Å². The van der Waals surface area contributed by atoms with E-state index >= 15 is 0 Å². The minimum atomic E-state index is -3.65. The lowest BCUT2D eigenvalue weighted by Gasteiger charge is -2.45. The molecule has 4 rings (SSSR count). The number of piperidine rings is 1. The number of anilines is 1. The van der Waals surface area contributed by atoms with E-state index in [0.717, 1.165) is 31.6 Å². The molecule has 1 spiro atoms. The number of pyridine rings is 1. The maximum Gasteiger partial charge on any atom is 0.246 e. The van der Waals surface area contributed by atoms with Gasteiger partial charge in [-0.15, -0.1) is 0 Å². The molecule has 0 amide bonds. The minimum absolute atomic E-state index is 0.229. The number of methoxy groups -OCH3 is 1. The fraction of sp³-hybridized carbons (Fsp3) is 0.476. The summed E-state index contributed by atoms with van der Waals surface area (Å²) in [5, 5.41) is 0. The molecule has 0 N–H and O–H groups in total. The number of hydrogen-bond donors (Lipinski definition) is 0. The molecule has 2 aliphatic heterocycles. The summed E-state index contributed by atoms with van der Waals surface area (Å²) in [6.45, 7) is 3.32. The van der Waals surface area contributed by atoms with Crippen LogP contribution in [0.15, 0.2) is 53.7 Å². The van der Waals surface area contributed by atoms with Crippen LogP contribution >= 0.6 is 0 Å². The van der Waals surface area contributed by atoms with Gasteiger partial charge in [0.2, 0.25) is 10.0 Å². The van der Waals surface area contributed by atoms with E-state index in [1.807, 2.05) is 18.3 Å². The van der Waals surface area contributed by atoms with Crippen LogP contribution in [0.5, 0.6) is 5.75 Å². The number of sulfonamides is 1. The quantitative estimate of drug-likeness (QED) is 0.761. The SMILES string of the molecule is COCCN1CC2(CCN(c3cccnc3)CC2)COc2ccccc2S1(=O)=O.